The van der Waals surface area contributed by atoms with Gasteiger partial charge in [0.25, 0.3) is 20.0 Å². The van der Waals surface area contributed by atoms with Gasteiger partial charge in [0.15, 0.2) is 0 Å². The molecule has 0 radical (unpaired) electrons. The van der Waals surface area contributed by atoms with Crippen molar-refractivity contribution < 1.29 is 49.8 Å². The third-order valence-corrected chi connectivity index (χ3v) is 11.8. The fraction of sp³-hybridized carbons (Fsp3) is 0.136. The second kappa shape index (κ2) is 18.9. The highest BCUT2D eigenvalue weighted by molar-refractivity contribution is 7.93. The number of alkyl halides is 3. The molecule has 0 aliphatic rings. The van der Waals surface area contributed by atoms with Crippen molar-refractivity contribution in [3.05, 3.63) is 190 Å². The first-order chi connectivity index (χ1) is 27.9. The molecule has 15 heteroatoms. The van der Waals surface area contributed by atoms with E-state index < -0.39 is 48.6 Å². The average Bonchev–Trinajstić information content (AvgIpc) is 3.20. The number of nitrogens with one attached hydrogen (secondary N) is 2. The molecular weight excluding hydrogens is 806 g/mol. The third-order valence-electron chi connectivity index (χ3n) is 9.09. The predicted molar refractivity (Wildman–Crippen MR) is 219 cm³/mol. The summed E-state index contributed by atoms with van der Waals surface area (Å²) in [6.07, 6.45) is -2.41. The number of aromatic carboxylic acids is 2. The van der Waals surface area contributed by atoms with Crippen molar-refractivity contribution in [2.24, 2.45) is 0 Å². The highest BCUT2D eigenvalue weighted by Gasteiger charge is 2.32. The summed E-state index contributed by atoms with van der Waals surface area (Å²) in [5.41, 5.74) is 4.55. The topological polar surface area (TPSA) is 167 Å². The lowest BCUT2D eigenvalue weighted by Crippen LogP contribution is -2.15. The number of aryl methyl sites for hydroxylation is 5. The van der Waals surface area contributed by atoms with Gasteiger partial charge in [-0.15, -0.1) is 0 Å². The summed E-state index contributed by atoms with van der Waals surface area (Å²) in [7, 11) is -7.90. The average molecular weight is 845 g/mol. The van der Waals surface area contributed by atoms with Gasteiger partial charge in [0.1, 0.15) is 0 Å². The summed E-state index contributed by atoms with van der Waals surface area (Å²) in [5, 5.41) is 17.9. The Kier molecular flexibility index (Phi) is 14.0. The van der Waals surface area contributed by atoms with Gasteiger partial charge < -0.3 is 10.2 Å². The van der Waals surface area contributed by atoms with Crippen molar-refractivity contribution in [1.82, 2.24) is 0 Å². The molecule has 6 rings (SSSR count). The van der Waals surface area contributed by atoms with Gasteiger partial charge in [0.05, 0.1) is 37.9 Å². The predicted octanol–water partition coefficient (Wildman–Crippen LogP) is 9.27. The van der Waals surface area contributed by atoms with Crippen LogP contribution >= 0.6 is 0 Å². The summed E-state index contributed by atoms with van der Waals surface area (Å²) >= 11 is 0. The minimum absolute atomic E-state index is 0.165. The minimum Gasteiger partial charge on any atom is -0.478 e. The Balaban J connectivity index is 0.000000225. The molecule has 0 heterocycles. The monoisotopic (exact) mass is 844 g/mol. The first-order valence-electron chi connectivity index (χ1n) is 18.0. The maximum absolute atomic E-state index is 12.9. The van der Waals surface area contributed by atoms with Gasteiger partial charge in [-0.1, -0.05) is 84.4 Å². The van der Waals surface area contributed by atoms with E-state index in [4.69, 9.17) is 10.2 Å². The number of sulfonamides is 2. The molecule has 0 aliphatic heterocycles. The fourth-order valence-electron chi connectivity index (χ4n) is 5.83. The Morgan fingerprint density at radius 1 is 0.525 bits per heavy atom. The lowest BCUT2D eigenvalue weighted by molar-refractivity contribution is -0.137. The molecule has 10 nitrogen and oxygen atoms in total. The zero-order valence-corrected chi connectivity index (χ0v) is 33.1. The van der Waals surface area contributed by atoms with Crippen molar-refractivity contribution in [3.63, 3.8) is 0 Å². The van der Waals surface area contributed by atoms with E-state index in [0.717, 1.165) is 40.5 Å². The maximum Gasteiger partial charge on any atom is 0.416 e. The van der Waals surface area contributed by atoms with Gasteiger partial charge in [0, 0.05) is 0 Å². The number of carboxylic acids is 2. The molecular formula is C44H39F3N2O8S2. The largest absolute Gasteiger partial charge is 0.478 e. The Morgan fingerprint density at radius 3 is 1.37 bits per heavy atom. The quantitative estimate of drug-likeness (QED) is 0.0842. The SMILES string of the molecule is Cc1ccc(S(=O)(=O)Nc2ccccc2CCc2ccc(C(=O)O)cc2)cc1.O=C(O)c1ccc(CCc2ccccc2NS(=O)(=O)c2cccc(C(F)(F)F)c2)cc1. The van der Waals surface area contributed by atoms with Crippen LogP contribution in [0.3, 0.4) is 0 Å². The molecule has 0 aromatic heterocycles. The van der Waals surface area contributed by atoms with Crippen LogP contribution in [0, 0.1) is 6.92 Å². The Bertz CT molecular complexity index is 2630. The molecule has 6 aromatic carbocycles. The molecule has 0 bridgehead atoms. The first-order valence-corrected chi connectivity index (χ1v) is 21.0. The van der Waals surface area contributed by atoms with Crippen molar-refractivity contribution in [2.45, 2.75) is 48.6 Å². The van der Waals surface area contributed by atoms with Gasteiger partial charge in [-0.3, -0.25) is 9.44 Å². The summed E-state index contributed by atoms with van der Waals surface area (Å²) in [5.74, 6) is -1.98. The lowest BCUT2D eigenvalue weighted by atomic mass is 10.0. The first kappa shape index (κ1) is 43.7. The number of hydrogen-bond donors (Lipinski definition) is 4. The van der Waals surface area contributed by atoms with Crippen LogP contribution in [0.5, 0.6) is 0 Å². The molecule has 0 spiro atoms. The molecule has 6 aromatic rings. The van der Waals surface area contributed by atoms with Crippen LogP contribution < -0.4 is 9.44 Å². The van der Waals surface area contributed by atoms with E-state index in [0.29, 0.717) is 43.0 Å². The summed E-state index contributed by atoms with van der Waals surface area (Å²) in [6, 6.07) is 37.2. The Morgan fingerprint density at radius 2 is 0.949 bits per heavy atom. The number of carbonyl (C=O) groups is 2. The van der Waals surface area contributed by atoms with Gasteiger partial charge in [-0.2, -0.15) is 13.2 Å². The van der Waals surface area contributed by atoms with E-state index >= 15 is 0 Å². The molecule has 0 fully saturated rings. The number of para-hydroxylation sites is 2. The zero-order chi connectivity index (χ0) is 42.8. The number of benzene rings is 6. The highest BCUT2D eigenvalue weighted by atomic mass is 32.2. The van der Waals surface area contributed by atoms with Crippen molar-refractivity contribution in [1.29, 1.82) is 0 Å². The van der Waals surface area contributed by atoms with Crippen LogP contribution in [0.4, 0.5) is 24.5 Å². The molecule has 306 valence electrons. The zero-order valence-electron chi connectivity index (χ0n) is 31.5. The van der Waals surface area contributed by atoms with E-state index in [1.54, 1.807) is 91.0 Å². The van der Waals surface area contributed by atoms with Crippen molar-refractivity contribution >= 4 is 43.4 Å². The molecule has 0 aliphatic carbocycles. The molecule has 0 amide bonds. The van der Waals surface area contributed by atoms with E-state index in [1.807, 2.05) is 19.1 Å². The standard InChI is InChI=1S/C22H18F3NO4S.C22H21NO4S/c23-22(24,25)18-5-3-6-19(14-18)31(29,30)26-20-7-2-1-4-16(20)11-8-15-9-12-17(13-10-15)21(27)28;1-16-6-14-20(15-7-16)28(26,27)23-21-5-3-2-4-18(21)11-8-17-9-12-19(13-10-17)22(24)25/h1-7,9-10,12-14,26H,8,11H2,(H,27,28);2-7,9-10,12-15,23H,8,11H2,1H3,(H,24,25). The summed E-state index contributed by atoms with van der Waals surface area (Å²) in [6.45, 7) is 1.90. The van der Waals surface area contributed by atoms with Crippen molar-refractivity contribution in [3.8, 4) is 0 Å². The molecule has 0 atom stereocenters. The van der Waals surface area contributed by atoms with Crippen LogP contribution in [0.1, 0.15) is 54.1 Å². The minimum atomic E-state index is -4.65. The van der Waals surface area contributed by atoms with E-state index in [9.17, 15) is 39.6 Å². The maximum atomic E-state index is 12.9. The Hall–Kier alpha value is -6.45. The van der Waals surface area contributed by atoms with Crippen molar-refractivity contribution in [2.75, 3.05) is 9.44 Å². The fourth-order valence-corrected chi connectivity index (χ4v) is 8.07. The lowest BCUT2D eigenvalue weighted by Gasteiger charge is -2.14. The van der Waals surface area contributed by atoms with Crippen LogP contribution in [0.25, 0.3) is 0 Å². The smallest absolute Gasteiger partial charge is 0.416 e. The van der Waals surface area contributed by atoms with Crippen LogP contribution in [-0.2, 0) is 51.9 Å². The molecule has 0 saturated carbocycles. The van der Waals surface area contributed by atoms with Gasteiger partial charge in [-0.25, -0.2) is 26.4 Å². The molecule has 0 saturated heterocycles. The second-order valence-electron chi connectivity index (χ2n) is 13.4. The van der Waals surface area contributed by atoms with Gasteiger partial charge in [-0.05, 0) is 122 Å². The number of anilines is 2. The van der Waals surface area contributed by atoms with Gasteiger partial charge in [0.2, 0.25) is 0 Å². The van der Waals surface area contributed by atoms with Crippen LogP contribution in [0.15, 0.2) is 155 Å². The molecule has 59 heavy (non-hydrogen) atoms. The highest BCUT2D eigenvalue weighted by Crippen LogP contribution is 2.31. The van der Waals surface area contributed by atoms with Crippen LogP contribution in [-0.4, -0.2) is 39.0 Å². The normalized spacial score (nSPS) is 11.5. The summed E-state index contributed by atoms with van der Waals surface area (Å²) < 4.78 is 94.5. The summed E-state index contributed by atoms with van der Waals surface area (Å²) in [4.78, 5) is 21.6. The van der Waals surface area contributed by atoms with E-state index in [-0.39, 0.29) is 21.7 Å². The number of hydrogen-bond acceptors (Lipinski definition) is 6. The number of carboxylic acid groups (broad SMARTS) is 2. The van der Waals surface area contributed by atoms with E-state index in [2.05, 4.69) is 9.44 Å². The van der Waals surface area contributed by atoms with E-state index in [1.165, 1.54) is 18.2 Å². The number of rotatable bonds is 14. The molecule has 0 unspecified atom stereocenters. The second-order valence-corrected chi connectivity index (χ2v) is 16.7. The van der Waals surface area contributed by atoms with Gasteiger partial charge >= 0.3 is 18.1 Å². The molecule has 4 N–H and O–H groups in total. The third kappa shape index (κ3) is 12.3. The van der Waals surface area contributed by atoms with Crippen LogP contribution in [0.2, 0.25) is 0 Å². The Labute approximate surface area is 340 Å². The number of halogens is 3.